The van der Waals surface area contributed by atoms with Crippen molar-refractivity contribution >= 4 is 5.96 Å². The number of hydrogen-bond donors (Lipinski definition) is 2. The molecule has 134 valence electrons. The maximum atomic E-state index is 5.68. The normalized spacial score (nSPS) is 16.8. The first kappa shape index (κ1) is 18.6. The van der Waals surface area contributed by atoms with E-state index in [1.165, 1.54) is 38.9 Å². The number of para-hydroxylation sites is 1. The maximum absolute atomic E-state index is 5.68. The van der Waals surface area contributed by atoms with E-state index in [2.05, 4.69) is 27.4 Å². The monoisotopic (exact) mass is 332 g/mol. The van der Waals surface area contributed by atoms with Crippen LogP contribution in [0.15, 0.2) is 35.3 Å². The third-order valence-electron chi connectivity index (χ3n) is 4.44. The Balaban J connectivity index is 1.57. The minimum absolute atomic E-state index is 0.625. The Kier molecular flexibility index (Phi) is 8.46. The first-order valence-corrected chi connectivity index (χ1v) is 9.16. The summed E-state index contributed by atoms with van der Waals surface area (Å²) in [5.41, 5.74) is 0. The fourth-order valence-electron chi connectivity index (χ4n) is 3.05. The molecular formula is C19H32N4O. The molecule has 2 rings (SSSR count). The van der Waals surface area contributed by atoms with E-state index < -0.39 is 0 Å². The number of ether oxygens (including phenoxy) is 1. The number of nitrogens with one attached hydrogen (secondary N) is 2. The van der Waals surface area contributed by atoms with Gasteiger partial charge in [0.25, 0.3) is 0 Å². The second-order valence-corrected chi connectivity index (χ2v) is 6.33. The lowest BCUT2D eigenvalue weighted by Crippen LogP contribution is -2.43. The summed E-state index contributed by atoms with van der Waals surface area (Å²) in [5.74, 6) is 2.51. The highest BCUT2D eigenvalue weighted by atomic mass is 16.5. The lowest BCUT2D eigenvalue weighted by molar-refractivity contribution is 0.185. The molecule has 5 nitrogen and oxygen atoms in total. The van der Waals surface area contributed by atoms with Crippen LogP contribution in [-0.4, -0.2) is 57.2 Å². The van der Waals surface area contributed by atoms with E-state index in [4.69, 9.17) is 4.74 Å². The molecule has 0 aliphatic carbocycles. The van der Waals surface area contributed by atoms with Gasteiger partial charge in [0.05, 0.1) is 6.54 Å². The van der Waals surface area contributed by atoms with E-state index in [9.17, 15) is 0 Å². The fourth-order valence-corrected chi connectivity index (χ4v) is 3.05. The van der Waals surface area contributed by atoms with Crippen molar-refractivity contribution in [1.82, 2.24) is 15.5 Å². The molecule has 0 unspecified atom stereocenters. The van der Waals surface area contributed by atoms with E-state index >= 15 is 0 Å². The quantitative estimate of drug-likeness (QED) is 0.436. The van der Waals surface area contributed by atoms with Crippen molar-refractivity contribution in [3.05, 3.63) is 30.3 Å². The molecule has 0 spiro atoms. The van der Waals surface area contributed by atoms with Crippen LogP contribution in [0.1, 0.15) is 26.2 Å². The summed E-state index contributed by atoms with van der Waals surface area (Å²) in [5, 5.41) is 6.76. The Morgan fingerprint density at radius 2 is 1.96 bits per heavy atom. The van der Waals surface area contributed by atoms with Crippen molar-refractivity contribution in [2.24, 2.45) is 10.9 Å². The first-order chi connectivity index (χ1) is 11.8. The van der Waals surface area contributed by atoms with Crippen LogP contribution in [0.5, 0.6) is 5.75 Å². The highest BCUT2D eigenvalue weighted by Gasteiger charge is 2.18. The predicted molar refractivity (Wildman–Crippen MR) is 101 cm³/mol. The summed E-state index contributed by atoms with van der Waals surface area (Å²) < 4.78 is 5.68. The third kappa shape index (κ3) is 6.79. The van der Waals surface area contributed by atoms with Crippen molar-refractivity contribution in [3.63, 3.8) is 0 Å². The summed E-state index contributed by atoms with van der Waals surface area (Å²) in [6.07, 6.45) is 3.81. The second kappa shape index (κ2) is 10.9. The molecule has 1 saturated heterocycles. The highest BCUT2D eigenvalue weighted by molar-refractivity contribution is 5.79. The highest BCUT2D eigenvalue weighted by Crippen LogP contribution is 2.16. The van der Waals surface area contributed by atoms with Gasteiger partial charge in [-0.05, 0) is 56.9 Å². The van der Waals surface area contributed by atoms with Gasteiger partial charge >= 0.3 is 0 Å². The van der Waals surface area contributed by atoms with Crippen molar-refractivity contribution in [2.45, 2.75) is 26.2 Å². The molecule has 0 saturated carbocycles. The number of hydrogen-bond acceptors (Lipinski definition) is 3. The molecule has 0 atom stereocenters. The molecule has 1 aliphatic heterocycles. The van der Waals surface area contributed by atoms with E-state index in [-0.39, 0.29) is 0 Å². The van der Waals surface area contributed by atoms with Crippen LogP contribution in [-0.2, 0) is 0 Å². The van der Waals surface area contributed by atoms with Gasteiger partial charge in [-0.15, -0.1) is 0 Å². The minimum atomic E-state index is 0.625. The van der Waals surface area contributed by atoms with Crippen molar-refractivity contribution in [3.8, 4) is 5.75 Å². The standard InChI is InChI=1S/C19H32N4O/c1-3-12-23-13-9-17(10-14-23)16-22-19(20-2)21-11-15-24-18-7-5-4-6-8-18/h4-8,17H,3,9-16H2,1-2H3,(H2,20,21,22). The SMILES string of the molecule is CCCN1CCC(CNC(=NC)NCCOc2ccccc2)CC1. The van der Waals surface area contributed by atoms with Gasteiger partial charge in [0.15, 0.2) is 5.96 Å². The molecule has 5 heteroatoms. The fraction of sp³-hybridized carbons (Fsp3) is 0.632. The summed E-state index contributed by atoms with van der Waals surface area (Å²) in [7, 11) is 1.82. The van der Waals surface area contributed by atoms with Crippen LogP contribution in [0.25, 0.3) is 0 Å². The van der Waals surface area contributed by atoms with Crippen LogP contribution < -0.4 is 15.4 Å². The number of aliphatic imine (C=N–C) groups is 1. The zero-order valence-electron chi connectivity index (χ0n) is 15.1. The van der Waals surface area contributed by atoms with Gasteiger partial charge in [-0.25, -0.2) is 0 Å². The first-order valence-electron chi connectivity index (χ1n) is 9.16. The van der Waals surface area contributed by atoms with Crippen LogP contribution >= 0.6 is 0 Å². The number of likely N-dealkylation sites (tertiary alicyclic amines) is 1. The molecule has 24 heavy (non-hydrogen) atoms. The molecule has 2 N–H and O–H groups in total. The number of rotatable bonds is 8. The maximum Gasteiger partial charge on any atom is 0.191 e. The van der Waals surface area contributed by atoms with Gasteiger partial charge in [0, 0.05) is 13.6 Å². The number of guanidine groups is 1. The Morgan fingerprint density at radius 1 is 1.21 bits per heavy atom. The van der Waals surface area contributed by atoms with E-state index in [0.29, 0.717) is 6.61 Å². The van der Waals surface area contributed by atoms with Crippen molar-refractivity contribution < 1.29 is 4.74 Å². The van der Waals surface area contributed by atoms with Gasteiger partial charge in [0.1, 0.15) is 12.4 Å². The summed E-state index contributed by atoms with van der Waals surface area (Å²) in [6.45, 7) is 8.33. The van der Waals surface area contributed by atoms with Crippen LogP contribution in [0, 0.1) is 5.92 Å². The van der Waals surface area contributed by atoms with Crippen LogP contribution in [0.3, 0.4) is 0 Å². The minimum Gasteiger partial charge on any atom is -0.492 e. The molecule has 1 aliphatic rings. The molecule has 0 bridgehead atoms. The van der Waals surface area contributed by atoms with E-state index in [1.54, 1.807) is 0 Å². The van der Waals surface area contributed by atoms with Gasteiger partial charge < -0.3 is 20.3 Å². The largest absolute Gasteiger partial charge is 0.492 e. The van der Waals surface area contributed by atoms with Crippen LogP contribution in [0.4, 0.5) is 0 Å². The molecule has 0 aromatic heterocycles. The Bertz CT molecular complexity index is 470. The van der Waals surface area contributed by atoms with E-state index in [1.807, 2.05) is 37.4 Å². The van der Waals surface area contributed by atoms with Gasteiger partial charge in [0.2, 0.25) is 0 Å². The zero-order valence-corrected chi connectivity index (χ0v) is 15.1. The Labute approximate surface area is 146 Å². The smallest absolute Gasteiger partial charge is 0.191 e. The molecule has 1 fully saturated rings. The molecule has 1 heterocycles. The Hall–Kier alpha value is -1.75. The van der Waals surface area contributed by atoms with Gasteiger partial charge in [-0.2, -0.15) is 0 Å². The topological polar surface area (TPSA) is 48.9 Å². The van der Waals surface area contributed by atoms with Crippen molar-refractivity contribution in [2.75, 3.05) is 46.4 Å². The Morgan fingerprint density at radius 3 is 2.62 bits per heavy atom. The second-order valence-electron chi connectivity index (χ2n) is 6.33. The molecule has 1 aromatic carbocycles. The summed E-state index contributed by atoms with van der Waals surface area (Å²) >= 11 is 0. The molecule has 0 amide bonds. The molecular weight excluding hydrogens is 300 g/mol. The number of nitrogens with zero attached hydrogens (tertiary/aromatic N) is 2. The molecule has 0 radical (unpaired) electrons. The van der Waals surface area contributed by atoms with Gasteiger partial charge in [-0.1, -0.05) is 25.1 Å². The summed E-state index contributed by atoms with van der Waals surface area (Å²) in [4.78, 5) is 6.86. The van der Waals surface area contributed by atoms with Crippen LogP contribution in [0.2, 0.25) is 0 Å². The average Bonchev–Trinajstić information content (AvgIpc) is 2.63. The summed E-state index contributed by atoms with van der Waals surface area (Å²) in [6, 6.07) is 9.89. The average molecular weight is 332 g/mol. The molecule has 1 aromatic rings. The lowest BCUT2D eigenvalue weighted by Gasteiger charge is -2.32. The van der Waals surface area contributed by atoms with E-state index in [0.717, 1.165) is 30.7 Å². The van der Waals surface area contributed by atoms with Crippen molar-refractivity contribution in [1.29, 1.82) is 0 Å². The predicted octanol–water partition coefficient (Wildman–Crippen LogP) is 2.35. The number of benzene rings is 1. The lowest BCUT2D eigenvalue weighted by atomic mass is 9.97. The zero-order chi connectivity index (χ0) is 17.0. The van der Waals surface area contributed by atoms with Gasteiger partial charge in [-0.3, -0.25) is 4.99 Å². The number of piperidine rings is 1. The third-order valence-corrected chi connectivity index (χ3v) is 4.44.